The van der Waals surface area contributed by atoms with E-state index in [1.165, 1.54) is 16.8 Å². The number of likely N-dealkylation sites (tertiary alicyclic amines) is 1. The first-order valence-corrected chi connectivity index (χ1v) is 8.83. The van der Waals surface area contributed by atoms with Crippen molar-refractivity contribution in [3.63, 3.8) is 0 Å². The predicted octanol–water partition coefficient (Wildman–Crippen LogP) is 2.91. The maximum absolute atomic E-state index is 12.8. The summed E-state index contributed by atoms with van der Waals surface area (Å²) in [5.41, 5.74) is 0.365. The smallest absolute Gasteiger partial charge is 0.274 e. The summed E-state index contributed by atoms with van der Waals surface area (Å²) in [6, 6.07) is 4.14. The van der Waals surface area contributed by atoms with Gasteiger partial charge in [0.15, 0.2) is 5.69 Å². The second-order valence-corrected chi connectivity index (χ2v) is 6.83. The van der Waals surface area contributed by atoms with Gasteiger partial charge >= 0.3 is 0 Å². The Morgan fingerprint density at radius 3 is 2.73 bits per heavy atom. The zero-order valence-corrected chi connectivity index (χ0v) is 15.5. The lowest BCUT2D eigenvalue weighted by Gasteiger charge is -2.23. The van der Waals surface area contributed by atoms with E-state index >= 15 is 0 Å². The first-order valence-electron chi connectivity index (χ1n) is 8.07. The topological polar surface area (TPSA) is 93.3 Å². The van der Waals surface area contributed by atoms with Gasteiger partial charge < -0.3 is 10.2 Å². The largest absolute Gasteiger partial charge is 0.333 e. The van der Waals surface area contributed by atoms with Gasteiger partial charge in [0, 0.05) is 37.5 Å². The van der Waals surface area contributed by atoms with Crippen LogP contribution in [0.2, 0.25) is 10.0 Å². The van der Waals surface area contributed by atoms with E-state index in [1.54, 1.807) is 12.3 Å². The fraction of sp³-hybridized carbons (Fsp3) is 0.375. The Bertz CT molecular complexity index is 831. The molecular weight excluding hydrogens is 381 g/mol. The van der Waals surface area contributed by atoms with Crippen LogP contribution in [-0.2, 0) is 0 Å². The molecule has 1 aromatic heterocycles. The van der Waals surface area contributed by atoms with Gasteiger partial charge in [-0.3, -0.25) is 14.9 Å². The van der Waals surface area contributed by atoms with Crippen molar-refractivity contribution in [3.05, 3.63) is 50.2 Å². The van der Waals surface area contributed by atoms with Gasteiger partial charge in [0.1, 0.15) is 5.69 Å². The Kier molecular flexibility index (Phi) is 5.45. The second-order valence-electron chi connectivity index (χ2n) is 6.01. The highest BCUT2D eigenvalue weighted by molar-refractivity contribution is 6.38. The minimum Gasteiger partial charge on any atom is -0.333 e. The summed E-state index contributed by atoms with van der Waals surface area (Å²) in [7, 11) is 1.86. The fourth-order valence-electron chi connectivity index (χ4n) is 3.14. The molecule has 1 N–H and O–H groups in total. The number of nitro groups is 1. The fourth-order valence-corrected chi connectivity index (χ4v) is 3.79. The molecular formula is C16H17Cl2N5O3. The number of aromatic nitrogens is 2. The third-order valence-electron chi connectivity index (χ3n) is 4.33. The number of hydrogen-bond donors (Lipinski definition) is 1. The Balaban J connectivity index is 1.89. The lowest BCUT2D eigenvalue weighted by molar-refractivity contribution is -0.384. The molecule has 1 saturated heterocycles. The number of nitrogens with one attached hydrogen (secondary N) is 1. The van der Waals surface area contributed by atoms with Crippen molar-refractivity contribution in [2.24, 2.45) is 0 Å². The van der Waals surface area contributed by atoms with Crippen LogP contribution < -0.4 is 5.32 Å². The number of nitro benzene ring substituents is 1. The molecule has 8 nitrogen and oxygen atoms in total. The summed E-state index contributed by atoms with van der Waals surface area (Å²) in [6.45, 7) is 1.42. The number of non-ortho nitro benzene ring substituents is 1. The Morgan fingerprint density at radius 2 is 2.12 bits per heavy atom. The van der Waals surface area contributed by atoms with Crippen LogP contribution in [0, 0.1) is 10.1 Å². The summed E-state index contributed by atoms with van der Waals surface area (Å²) >= 11 is 12.3. The van der Waals surface area contributed by atoms with Crippen LogP contribution in [0.15, 0.2) is 24.4 Å². The van der Waals surface area contributed by atoms with Crippen molar-refractivity contribution >= 4 is 34.8 Å². The molecule has 2 heterocycles. The van der Waals surface area contributed by atoms with Crippen LogP contribution in [-0.4, -0.2) is 51.7 Å². The zero-order valence-electron chi connectivity index (χ0n) is 14.0. The first kappa shape index (κ1) is 18.6. The quantitative estimate of drug-likeness (QED) is 0.618. The summed E-state index contributed by atoms with van der Waals surface area (Å²) in [6.07, 6.45) is 3.47. The number of nitrogens with zero attached hydrogens (tertiary/aromatic N) is 4. The number of amides is 1. The van der Waals surface area contributed by atoms with Gasteiger partial charge in [-0.15, -0.1) is 0 Å². The van der Waals surface area contributed by atoms with Gasteiger partial charge in [0.25, 0.3) is 11.6 Å². The van der Waals surface area contributed by atoms with Crippen molar-refractivity contribution in [1.29, 1.82) is 0 Å². The summed E-state index contributed by atoms with van der Waals surface area (Å²) in [5, 5.41) is 18.4. The van der Waals surface area contributed by atoms with Crippen molar-refractivity contribution in [3.8, 4) is 5.69 Å². The second kappa shape index (κ2) is 7.61. The number of likely N-dealkylation sites (N-methyl/N-ethyl adjacent to an activating group) is 1. The SMILES string of the molecule is CNCC1CCCN1C(=O)c1ccn(-c2c(Cl)cc([N+](=O)[O-])cc2Cl)n1. The molecule has 2 aromatic rings. The Labute approximate surface area is 159 Å². The highest BCUT2D eigenvalue weighted by atomic mass is 35.5. The number of carbonyl (C=O) groups excluding carboxylic acids is 1. The zero-order chi connectivity index (χ0) is 18.8. The molecule has 1 aromatic carbocycles. The molecule has 138 valence electrons. The maximum atomic E-state index is 12.8. The molecule has 10 heteroatoms. The van der Waals surface area contributed by atoms with Crippen LogP contribution >= 0.6 is 23.2 Å². The van der Waals surface area contributed by atoms with E-state index in [-0.39, 0.29) is 33.4 Å². The van der Waals surface area contributed by atoms with Crippen molar-refractivity contribution in [1.82, 2.24) is 20.0 Å². The van der Waals surface area contributed by atoms with Gasteiger partial charge in [0.05, 0.1) is 15.0 Å². The molecule has 0 radical (unpaired) electrons. The molecule has 0 spiro atoms. The van der Waals surface area contributed by atoms with Crippen LogP contribution in [0.5, 0.6) is 0 Å². The predicted molar refractivity (Wildman–Crippen MR) is 98.2 cm³/mol. The van der Waals surface area contributed by atoms with E-state index < -0.39 is 4.92 Å². The molecule has 1 aliphatic rings. The monoisotopic (exact) mass is 397 g/mol. The van der Waals surface area contributed by atoms with Crippen LogP contribution in [0.3, 0.4) is 0 Å². The normalized spacial score (nSPS) is 16.9. The highest BCUT2D eigenvalue weighted by Crippen LogP contribution is 2.33. The van der Waals surface area contributed by atoms with Gasteiger partial charge in [-0.25, -0.2) is 4.68 Å². The van der Waals surface area contributed by atoms with Crippen LogP contribution in [0.25, 0.3) is 5.69 Å². The number of hydrogen-bond acceptors (Lipinski definition) is 5. The minimum absolute atomic E-state index is 0.0838. The molecule has 1 aliphatic heterocycles. The van der Waals surface area contributed by atoms with E-state index in [4.69, 9.17) is 23.2 Å². The summed E-state index contributed by atoms with van der Waals surface area (Å²) in [4.78, 5) is 24.9. The summed E-state index contributed by atoms with van der Waals surface area (Å²) in [5.74, 6) is -0.157. The average Bonchev–Trinajstić information content (AvgIpc) is 3.23. The Hall–Kier alpha value is -2.16. The lowest BCUT2D eigenvalue weighted by atomic mass is 10.2. The molecule has 26 heavy (non-hydrogen) atoms. The Morgan fingerprint density at radius 1 is 1.42 bits per heavy atom. The average molecular weight is 398 g/mol. The van der Waals surface area contributed by atoms with E-state index in [2.05, 4.69) is 10.4 Å². The maximum Gasteiger partial charge on any atom is 0.274 e. The minimum atomic E-state index is -0.575. The standard InChI is InChI=1S/C16H17Cl2N5O3/c1-19-9-10-3-2-5-21(10)16(24)14-4-6-22(20-14)15-12(17)7-11(23(25)26)8-13(15)18/h4,6-8,10,19H,2-3,5,9H2,1H3. The van der Waals surface area contributed by atoms with E-state index in [0.29, 0.717) is 12.2 Å². The third kappa shape index (κ3) is 3.53. The lowest BCUT2D eigenvalue weighted by Crippen LogP contribution is -2.41. The molecule has 0 saturated carbocycles. The molecule has 0 aliphatic carbocycles. The number of rotatable bonds is 5. The number of benzene rings is 1. The molecule has 1 atom stereocenters. The van der Waals surface area contributed by atoms with Crippen molar-refractivity contribution in [2.45, 2.75) is 18.9 Å². The molecule has 0 bridgehead atoms. The molecule has 3 rings (SSSR count). The van der Waals surface area contributed by atoms with Crippen LogP contribution in [0.4, 0.5) is 5.69 Å². The van der Waals surface area contributed by atoms with Crippen LogP contribution in [0.1, 0.15) is 23.3 Å². The van der Waals surface area contributed by atoms with E-state index in [9.17, 15) is 14.9 Å². The number of carbonyl (C=O) groups is 1. The van der Waals surface area contributed by atoms with E-state index in [0.717, 1.165) is 19.4 Å². The van der Waals surface area contributed by atoms with E-state index in [1.807, 2.05) is 11.9 Å². The summed E-state index contributed by atoms with van der Waals surface area (Å²) < 4.78 is 1.37. The van der Waals surface area contributed by atoms with Gasteiger partial charge in [-0.2, -0.15) is 5.10 Å². The van der Waals surface area contributed by atoms with Gasteiger partial charge in [-0.05, 0) is 26.0 Å². The van der Waals surface area contributed by atoms with Gasteiger partial charge in [0.2, 0.25) is 0 Å². The molecule has 1 fully saturated rings. The van der Waals surface area contributed by atoms with Crippen molar-refractivity contribution in [2.75, 3.05) is 20.1 Å². The number of halogens is 2. The molecule has 1 amide bonds. The van der Waals surface area contributed by atoms with Crippen molar-refractivity contribution < 1.29 is 9.72 Å². The van der Waals surface area contributed by atoms with Gasteiger partial charge in [-0.1, -0.05) is 23.2 Å². The highest BCUT2D eigenvalue weighted by Gasteiger charge is 2.30. The first-order chi connectivity index (χ1) is 12.4. The third-order valence-corrected chi connectivity index (χ3v) is 4.90. The molecule has 1 unspecified atom stereocenters.